The Morgan fingerprint density at radius 2 is 1.61 bits per heavy atom. The second-order valence-corrected chi connectivity index (χ2v) is 9.31. The van der Waals surface area contributed by atoms with Gasteiger partial charge in [0.15, 0.2) is 0 Å². The highest BCUT2D eigenvalue weighted by Crippen LogP contribution is 2.22. The van der Waals surface area contributed by atoms with Crippen molar-refractivity contribution in [1.82, 2.24) is 4.31 Å². The number of benzene rings is 2. The highest BCUT2D eigenvalue weighted by molar-refractivity contribution is 7.89. The van der Waals surface area contributed by atoms with Crippen LogP contribution in [-0.4, -0.2) is 31.7 Å². The minimum absolute atomic E-state index is 0.240. The number of hydrogen-bond acceptors (Lipinski definition) is 3. The molecule has 1 aliphatic heterocycles. The van der Waals surface area contributed by atoms with Gasteiger partial charge >= 0.3 is 0 Å². The molecule has 6 heteroatoms. The lowest BCUT2D eigenvalue weighted by atomic mass is 9.98. The number of carbonyl (C=O) groups excluding carboxylic acids is 1. The van der Waals surface area contributed by atoms with Gasteiger partial charge in [-0.1, -0.05) is 32.4 Å². The Kier molecular flexibility index (Phi) is 6.52. The maximum atomic E-state index is 12.7. The smallest absolute Gasteiger partial charge is 0.255 e. The molecule has 5 nitrogen and oxygen atoms in total. The van der Waals surface area contributed by atoms with E-state index in [1.807, 2.05) is 24.3 Å². The molecule has 0 aliphatic carbocycles. The summed E-state index contributed by atoms with van der Waals surface area (Å²) in [5.41, 5.74) is 2.40. The summed E-state index contributed by atoms with van der Waals surface area (Å²) in [4.78, 5) is 12.7. The molecular formula is C22H28N2O3S. The molecule has 150 valence electrons. The van der Waals surface area contributed by atoms with Crippen molar-refractivity contribution >= 4 is 21.6 Å². The molecule has 1 atom stereocenters. The Morgan fingerprint density at radius 1 is 1.00 bits per heavy atom. The van der Waals surface area contributed by atoms with Gasteiger partial charge in [0.2, 0.25) is 10.0 Å². The van der Waals surface area contributed by atoms with Crippen LogP contribution in [0, 0.1) is 0 Å². The lowest BCUT2D eigenvalue weighted by molar-refractivity contribution is 0.102. The maximum Gasteiger partial charge on any atom is 0.255 e. The van der Waals surface area contributed by atoms with E-state index in [1.165, 1.54) is 22.0 Å². The number of piperidine rings is 1. The minimum Gasteiger partial charge on any atom is -0.322 e. The van der Waals surface area contributed by atoms with Gasteiger partial charge in [-0.2, -0.15) is 4.31 Å². The van der Waals surface area contributed by atoms with Crippen molar-refractivity contribution in [3.05, 3.63) is 59.7 Å². The zero-order valence-corrected chi connectivity index (χ0v) is 17.3. The average molecular weight is 401 g/mol. The topological polar surface area (TPSA) is 66.5 Å². The van der Waals surface area contributed by atoms with Crippen LogP contribution < -0.4 is 5.32 Å². The summed E-state index contributed by atoms with van der Waals surface area (Å²) < 4.78 is 26.9. The molecule has 1 amide bonds. The van der Waals surface area contributed by atoms with Crippen LogP contribution >= 0.6 is 0 Å². The highest BCUT2D eigenvalue weighted by atomic mass is 32.2. The van der Waals surface area contributed by atoms with E-state index in [4.69, 9.17) is 0 Å². The molecule has 0 aromatic heterocycles. The second-order valence-electron chi connectivity index (χ2n) is 7.37. The predicted octanol–water partition coefficient (Wildman–Crippen LogP) is 4.63. The lowest BCUT2D eigenvalue weighted by Gasteiger charge is -2.25. The van der Waals surface area contributed by atoms with Crippen LogP contribution in [0.3, 0.4) is 0 Å². The maximum absolute atomic E-state index is 12.7. The molecule has 0 saturated carbocycles. The average Bonchev–Trinajstić information content (AvgIpc) is 2.74. The van der Waals surface area contributed by atoms with Crippen LogP contribution in [0.4, 0.5) is 5.69 Å². The number of rotatable bonds is 6. The predicted molar refractivity (Wildman–Crippen MR) is 112 cm³/mol. The highest BCUT2D eigenvalue weighted by Gasteiger charge is 2.25. The largest absolute Gasteiger partial charge is 0.322 e. The van der Waals surface area contributed by atoms with Crippen LogP contribution in [0.25, 0.3) is 0 Å². The van der Waals surface area contributed by atoms with E-state index >= 15 is 0 Å². The number of carbonyl (C=O) groups is 1. The van der Waals surface area contributed by atoms with E-state index in [9.17, 15) is 13.2 Å². The van der Waals surface area contributed by atoms with Gasteiger partial charge in [0.05, 0.1) is 4.90 Å². The Labute approximate surface area is 167 Å². The first-order valence-corrected chi connectivity index (χ1v) is 11.4. The summed E-state index contributed by atoms with van der Waals surface area (Å²) >= 11 is 0. The van der Waals surface area contributed by atoms with Crippen LogP contribution in [0.2, 0.25) is 0 Å². The third kappa shape index (κ3) is 4.62. The third-order valence-corrected chi connectivity index (χ3v) is 7.33. The molecular weight excluding hydrogens is 372 g/mol. The zero-order valence-electron chi connectivity index (χ0n) is 16.5. The summed E-state index contributed by atoms with van der Waals surface area (Å²) in [6.45, 7) is 5.46. The van der Waals surface area contributed by atoms with Crippen molar-refractivity contribution < 1.29 is 13.2 Å². The molecule has 2 aromatic rings. The zero-order chi connectivity index (χ0) is 20.1. The fourth-order valence-corrected chi connectivity index (χ4v) is 4.88. The van der Waals surface area contributed by atoms with E-state index in [-0.39, 0.29) is 10.8 Å². The molecule has 3 rings (SSSR count). The molecule has 1 N–H and O–H groups in total. The molecule has 0 unspecified atom stereocenters. The standard InChI is InChI=1S/C22H28N2O3S/c1-3-17(2)18-7-11-20(12-8-18)23-22(25)19-9-13-21(14-10-19)28(26,27)24-15-5-4-6-16-24/h7-14,17H,3-6,15-16H2,1-2H3,(H,23,25)/t17-/m0/s1. The quantitative estimate of drug-likeness (QED) is 0.769. The Hall–Kier alpha value is -2.18. The molecule has 28 heavy (non-hydrogen) atoms. The van der Waals surface area contributed by atoms with Crippen LogP contribution in [0.15, 0.2) is 53.4 Å². The molecule has 0 bridgehead atoms. The molecule has 0 spiro atoms. The van der Waals surface area contributed by atoms with E-state index in [1.54, 1.807) is 12.1 Å². The second kappa shape index (κ2) is 8.88. The Balaban J connectivity index is 1.68. The van der Waals surface area contributed by atoms with Crippen LogP contribution in [0.1, 0.15) is 61.4 Å². The fourth-order valence-electron chi connectivity index (χ4n) is 3.37. The first-order valence-electron chi connectivity index (χ1n) is 9.93. The van der Waals surface area contributed by atoms with Gasteiger partial charge in [-0.15, -0.1) is 0 Å². The monoisotopic (exact) mass is 400 g/mol. The van der Waals surface area contributed by atoms with Crippen LogP contribution in [-0.2, 0) is 10.0 Å². The summed E-state index contributed by atoms with van der Waals surface area (Å²) in [5, 5.41) is 2.87. The number of nitrogens with zero attached hydrogens (tertiary/aromatic N) is 1. The number of hydrogen-bond donors (Lipinski definition) is 1. The third-order valence-electron chi connectivity index (χ3n) is 5.42. The van der Waals surface area contributed by atoms with Gasteiger partial charge in [0, 0.05) is 24.3 Å². The van der Waals surface area contributed by atoms with E-state index in [0.717, 1.165) is 31.4 Å². The summed E-state index contributed by atoms with van der Waals surface area (Å²) in [6, 6.07) is 14.0. The van der Waals surface area contributed by atoms with Crippen LogP contribution in [0.5, 0.6) is 0 Å². The Bertz CT molecular complexity index is 900. The van der Waals surface area contributed by atoms with Gasteiger partial charge in [-0.3, -0.25) is 4.79 Å². The summed E-state index contributed by atoms with van der Waals surface area (Å²) in [7, 11) is -3.48. The molecule has 1 aliphatic rings. The van der Waals surface area contributed by atoms with Gasteiger partial charge in [0.1, 0.15) is 0 Å². The van der Waals surface area contributed by atoms with Crippen molar-refractivity contribution in [3.8, 4) is 0 Å². The van der Waals surface area contributed by atoms with Gasteiger partial charge in [-0.05, 0) is 67.1 Å². The lowest BCUT2D eigenvalue weighted by Crippen LogP contribution is -2.35. The fraction of sp³-hybridized carbons (Fsp3) is 0.409. The molecule has 1 saturated heterocycles. The van der Waals surface area contributed by atoms with E-state index in [0.29, 0.717) is 24.6 Å². The first-order chi connectivity index (χ1) is 13.4. The molecule has 0 radical (unpaired) electrons. The SMILES string of the molecule is CC[C@H](C)c1ccc(NC(=O)c2ccc(S(=O)(=O)N3CCCCC3)cc2)cc1. The normalized spacial score (nSPS) is 16.5. The number of nitrogens with one attached hydrogen (secondary N) is 1. The van der Waals surface area contributed by atoms with E-state index in [2.05, 4.69) is 19.2 Å². The van der Waals surface area contributed by atoms with Crippen molar-refractivity contribution in [3.63, 3.8) is 0 Å². The molecule has 2 aromatic carbocycles. The van der Waals surface area contributed by atoms with Gasteiger partial charge in [-0.25, -0.2) is 8.42 Å². The summed E-state index contributed by atoms with van der Waals surface area (Å²) in [6.07, 6.45) is 3.94. The molecule has 1 fully saturated rings. The first kappa shape index (κ1) is 20.6. The Morgan fingerprint density at radius 3 is 2.18 bits per heavy atom. The van der Waals surface area contributed by atoms with Gasteiger partial charge in [0.25, 0.3) is 5.91 Å². The minimum atomic E-state index is -3.48. The number of amides is 1. The number of anilines is 1. The van der Waals surface area contributed by atoms with E-state index < -0.39 is 10.0 Å². The number of sulfonamides is 1. The molecule has 1 heterocycles. The van der Waals surface area contributed by atoms with Crippen molar-refractivity contribution in [2.45, 2.75) is 50.3 Å². The van der Waals surface area contributed by atoms with Crippen molar-refractivity contribution in [2.75, 3.05) is 18.4 Å². The van der Waals surface area contributed by atoms with Crippen molar-refractivity contribution in [2.24, 2.45) is 0 Å². The summed E-state index contributed by atoms with van der Waals surface area (Å²) in [5.74, 6) is 0.234. The van der Waals surface area contributed by atoms with Crippen molar-refractivity contribution in [1.29, 1.82) is 0 Å². The van der Waals surface area contributed by atoms with Gasteiger partial charge < -0.3 is 5.32 Å².